The third kappa shape index (κ3) is 5.68. The number of Topliss-reactive ketones (excluding diaryl/α,β-unsaturated/α-hetero) is 1. The molecule has 0 bridgehead atoms. The molecule has 7 heteroatoms. The molecule has 138 valence electrons. The molecule has 2 rings (SSSR count). The highest BCUT2D eigenvalue weighted by Crippen LogP contribution is 2.23. The Morgan fingerprint density at radius 2 is 1.88 bits per heavy atom. The van der Waals surface area contributed by atoms with Gasteiger partial charge in [0.25, 0.3) is 5.91 Å². The molecule has 0 fully saturated rings. The number of aryl methyl sites for hydroxylation is 2. The van der Waals surface area contributed by atoms with Crippen LogP contribution in [0.2, 0.25) is 4.34 Å². The molecule has 1 amide bonds. The second-order valence-corrected chi connectivity index (χ2v) is 7.68. The summed E-state index contributed by atoms with van der Waals surface area (Å²) in [6.07, 6.45) is -1.02. The van der Waals surface area contributed by atoms with E-state index in [0.717, 1.165) is 11.1 Å². The van der Waals surface area contributed by atoms with Crippen LogP contribution in [-0.2, 0) is 14.3 Å². The van der Waals surface area contributed by atoms with E-state index in [2.05, 4.69) is 5.32 Å². The number of thiophene rings is 1. The fraction of sp³-hybridized carbons (Fsp3) is 0.316. The second-order valence-electron chi connectivity index (χ2n) is 5.97. The van der Waals surface area contributed by atoms with Crippen molar-refractivity contribution in [1.29, 1.82) is 0 Å². The van der Waals surface area contributed by atoms with Crippen LogP contribution in [-0.4, -0.2) is 23.8 Å². The van der Waals surface area contributed by atoms with Crippen molar-refractivity contribution in [3.05, 3.63) is 50.7 Å². The summed E-state index contributed by atoms with van der Waals surface area (Å²) in [6, 6.07) is 8.97. The maximum absolute atomic E-state index is 12.2. The Morgan fingerprint density at radius 3 is 2.54 bits per heavy atom. The standard InChI is InChI=1S/C19H20ClNO4S/c1-11-4-5-12(2)14(10-11)21-19(24)13(3)25-18(23)9-6-15(22)16-7-8-17(20)26-16/h4-5,7-8,10,13H,6,9H2,1-3H3,(H,21,24)/t13-/m0/s1. The minimum Gasteiger partial charge on any atom is -0.453 e. The first-order valence-electron chi connectivity index (χ1n) is 8.12. The van der Waals surface area contributed by atoms with E-state index in [1.165, 1.54) is 18.3 Å². The monoisotopic (exact) mass is 393 g/mol. The molecule has 1 aromatic heterocycles. The van der Waals surface area contributed by atoms with Crippen molar-refractivity contribution in [3.63, 3.8) is 0 Å². The Labute approximate surface area is 161 Å². The lowest BCUT2D eigenvalue weighted by molar-refractivity contribution is -0.153. The van der Waals surface area contributed by atoms with Crippen LogP contribution < -0.4 is 5.32 Å². The average Bonchev–Trinajstić information content (AvgIpc) is 3.02. The fourth-order valence-electron chi connectivity index (χ4n) is 2.22. The fourth-order valence-corrected chi connectivity index (χ4v) is 3.23. The number of ketones is 1. The number of hydrogen-bond acceptors (Lipinski definition) is 5. The van der Waals surface area contributed by atoms with Gasteiger partial charge >= 0.3 is 5.97 Å². The Balaban J connectivity index is 1.83. The lowest BCUT2D eigenvalue weighted by atomic mass is 10.1. The van der Waals surface area contributed by atoms with E-state index in [-0.39, 0.29) is 18.6 Å². The van der Waals surface area contributed by atoms with Gasteiger partial charge in [0, 0.05) is 12.1 Å². The number of halogens is 1. The van der Waals surface area contributed by atoms with Crippen molar-refractivity contribution in [2.24, 2.45) is 0 Å². The van der Waals surface area contributed by atoms with Crippen molar-refractivity contribution in [2.45, 2.75) is 39.7 Å². The first kappa shape index (κ1) is 20.1. The summed E-state index contributed by atoms with van der Waals surface area (Å²) >= 11 is 6.96. The molecule has 1 atom stereocenters. The van der Waals surface area contributed by atoms with Gasteiger partial charge < -0.3 is 10.1 Å². The number of esters is 1. The van der Waals surface area contributed by atoms with Crippen LogP contribution in [0, 0.1) is 13.8 Å². The van der Waals surface area contributed by atoms with Crippen molar-refractivity contribution >= 4 is 46.3 Å². The van der Waals surface area contributed by atoms with E-state index in [9.17, 15) is 14.4 Å². The van der Waals surface area contributed by atoms with Gasteiger partial charge in [-0.3, -0.25) is 14.4 Å². The minimum atomic E-state index is -0.950. The molecule has 0 aliphatic carbocycles. The smallest absolute Gasteiger partial charge is 0.307 e. The van der Waals surface area contributed by atoms with Gasteiger partial charge in [-0.1, -0.05) is 23.7 Å². The Hall–Kier alpha value is -2.18. The Morgan fingerprint density at radius 1 is 1.15 bits per heavy atom. The van der Waals surface area contributed by atoms with Crippen LogP contribution in [0.3, 0.4) is 0 Å². The van der Waals surface area contributed by atoms with Crippen LogP contribution in [0.1, 0.15) is 40.6 Å². The summed E-state index contributed by atoms with van der Waals surface area (Å²) in [7, 11) is 0. The molecule has 26 heavy (non-hydrogen) atoms. The van der Waals surface area contributed by atoms with Gasteiger partial charge in [0.2, 0.25) is 0 Å². The Kier molecular flexibility index (Phi) is 6.94. The number of hydrogen-bond donors (Lipinski definition) is 1. The van der Waals surface area contributed by atoms with E-state index < -0.39 is 18.0 Å². The van der Waals surface area contributed by atoms with E-state index in [4.69, 9.17) is 16.3 Å². The van der Waals surface area contributed by atoms with E-state index >= 15 is 0 Å². The van der Waals surface area contributed by atoms with Crippen molar-refractivity contribution in [1.82, 2.24) is 0 Å². The third-order valence-electron chi connectivity index (χ3n) is 3.73. The highest BCUT2D eigenvalue weighted by atomic mass is 35.5. The maximum atomic E-state index is 12.2. The number of nitrogens with one attached hydrogen (secondary N) is 1. The van der Waals surface area contributed by atoms with E-state index in [0.29, 0.717) is 14.9 Å². The minimum absolute atomic E-state index is 0.0149. The summed E-state index contributed by atoms with van der Waals surface area (Å²) in [5.74, 6) is -1.18. The van der Waals surface area contributed by atoms with E-state index in [1.54, 1.807) is 12.1 Å². The Bertz CT molecular complexity index is 831. The summed E-state index contributed by atoms with van der Waals surface area (Å²) in [5, 5.41) is 2.75. The summed E-state index contributed by atoms with van der Waals surface area (Å²) in [5.41, 5.74) is 2.62. The van der Waals surface area contributed by atoms with E-state index in [1.807, 2.05) is 32.0 Å². The quantitative estimate of drug-likeness (QED) is 0.553. The molecule has 5 nitrogen and oxygen atoms in total. The number of carbonyl (C=O) groups excluding carboxylic acids is 3. The van der Waals surface area contributed by atoms with Crippen molar-refractivity contribution in [3.8, 4) is 0 Å². The average molecular weight is 394 g/mol. The van der Waals surface area contributed by atoms with Crippen LogP contribution >= 0.6 is 22.9 Å². The van der Waals surface area contributed by atoms with Gasteiger partial charge in [0.05, 0.1) is 15.6 Å². The largest absolute Gasteiger partial charge is 0.453 e. The number of anilines is 1. The highest BCUT2D eigenvalue weighted by Gasteiger charge is 2.20. The van der Waals surface area contributed by atoms with Crippen LogP contribution in [0.5, 0.6) is 0 Å². The number of ether oxygens (including phenoxy) is 1. The summed E-state index contributed by atoms with van der Waals surface area (Å²) in [6.45, 7) is 5.31. The number of rotatable bonds is 7. The first-order valence-corrected chi connectivity index (χ1v) is 9.32. The van der Waals surface area contributed by atoms with Crippen LogP contribution in [0.4, 0.5) is 5.69 Å². The summed E-state index contributed by atoms with van der Waals surface area (Å²) < 4.78 is 5.64. The van der Waals surface area contributed by atoms with Gasteiger partial charge in [0.1, 0.15) is 0 Å². The number of carbonyl (C=O) groups is 3. The zero-order valence-corrected chi connectivity index (χ0v) is 16.4. The van der Waals surface area contributed by atoms with Gasteiger partial charge in [-0.2, -0.15) is 0 Å². The SMILES string of the molecule is Cc1ccc(C)c(NC(=O)[C@H](C)OC(=O)CCC(=O)c2ccc(Cl)s2)c1. The second kappa shape index (κ2) is 8.96. The number of amides is 1. The molecule has 1 aromatic carbocycles. The molecule has 0 aliphatic rings. The van der Waals surface area contributed by atoms with Crippen LogP contribution in [0.25, 0.3) is 0 Å². The topological polar surface area (TPSA) is 72.5 Å². The zero-order chi connectivity index (χ0) is 19.3. The zero-order valence-electron chi connectivity index (χ0n) is 14.8. The molecular formula is C19H20ClNO4S. The predicted octanol–water partition coefficient (Wildman–Crippen LogP) is 4.55. The highest BCUT2D eigenvalue weighted by molar-refractivity contribution is 7.18. The molecular weight excluding hydrogens is 374 g/mol. The van der Waals surface area contributed by atoms with Gasteiger partial charge in [-0.15, -0.1) is 11.3 Å². The third-order valence-corrected chi connectivity index (χ3v) is 5.00. The molecule has 1 N–H and O–H groups in total. The normalized spacial score (nSPS) is 11.7. The molecule has 0 saturated heterocycles. The lowest BCUT2D eigenvalue weighted by Gasteiger charge is -2.15. The molecule has 0 unspecified atom stereocenters. The predicted molar refractivity (Wildman–Crippen MR) is 103 cm³/mol. The molecule has 0 saturated carbocycles. The molecule has 2 aromatic rings. The molecule has 0 radical (unpaired) electrons. The molecule has 0 spiro atoms. The molecule has 1 heterocycles. The van der Waals surface area contributed by atoms with Gasteiger partial charge in [-0.05, 0) is 50.1 Å². The van der Waals surface area contributed by atoms with Gasteiger partial charge in [0.15, 0.2) is 11.9 Å². The van der Waals surface area contributed by atoms with Gasteiger partial charge in [-0.25, -0.2) is 0 Å². The van der Waals surface area contributed by atoms with Crippen molar-refractivity contribution < 1.29 is 19.1 Å². The first-order chi connectivity index (χ1) is 12.3. The maximum Gasteiger partial charge on any atom is 0.307 e. The summed E-state index contributed by atoms with van der Waals surface area (Å²) in [4.78, 5) is 36.6. The number of benzene rings is 1. The van der Waals surface area contributed by atoms with Crippen LogP contribution in [0.15, 0.2) is 30.3 Å². The van der Waals surface area contributed by atoms with Crippen molar-refractivity contribution in [2.75, 3.05) is 5.32 Å². The molecule has 0 aliphatic heterocycles. The lowest BCUT2D eigenvalue weighted by Crippen LogP contribution is -2.30.